The van der Waals surface area contributed by atoms with E-state index < -0.39 is 12.0 Å². The van der Waals surface area contributed by atoms with Crippen LogP contribution in [0.1, 0.15) is 61.9 Å². The summed E-state index contributed by atoms with van der Waals surface area (Å²) in [6, 6.07) is 21.0. The third-order valence-corrected chi connectivity index (χ3v) is 9.49. The third kappa shape index (κ3) is 6.14. The largest absolute Gasteiger partial charge is 0.492 e. The second-order valence-electron chi connectivity index (χ2n) is 10.00. The molecule has 1 aliphatic heterocycles. The number of esters is 1. The van der Waals surface area contributed by atoms with Gasteiger partial charge in [-0.2, -0.15) is 0 Å². The van der Waals surface area contributed by atoms with E-state index in [1.54, 1.807) is 11.5 Å². The molecule has 0 spiro atoms. The quantitative estimate of drug-likeness (QED) is 0.148. The average Bonchev–Trinajstić information content (AvgIpc) is 3.28. The van der Waals surface area contributed by atoms with E-state index in [0.29, 0.717) is 33.1 Å². The fourth-order valence-corrected chi connectivity index (χ4v) is 8.04. The minimum absolute atomic E-state index is 0.204. The van der Waals surface area contributed by atoms with Crippen molar-refractivity contribution in [2.75, 3.05) is 13.2 Å². The summed E-state index contributed by atoms with van der Waals surface area (Å²) in [5.41, 5.74) is 4.35. The van der Waals surface area contributed by atoms with Crippen molar-refractivity contribution in [1.29, 1.82) is 0 Å². The molecule has 0 amide bonds. The van der Waals surface area contributed by atoms with Gasteiger partial charge in [0.1, 0.15) is 5.75 Å². The Balaban J connectivity index is 1.78. The van der Waals surface area contributed by atoms with E-state index in [-0.39, 0.29) is 12.2 Å². The molecule has 2 heterocycles. The van der Waals surface area contributed by atoms with E-state index in [1.165, 1.54) is 16.9 Å². The lowest BCUT2D eigenvalue weighted by molar-refractivity contribution is -0.138. The highest BCUT2D eigenvalue weighted by atomic mass is 127. The zero-order valence-electron chi connectivity index (χ0n) is 23.7. The van der Waals surface area contributed by atoms with Gasteiger partial charge in [0.15, 0.2) is 4.80 Å². The zero-order chi connectivity index (χ0) is 30.0. The van der Waals surface area contributed by atoms with Gasteiger partial charge in [-0.15, -0.1) is 0 Å². The molecule has 0 aliphatic carbocycles. The number of nitrogens with zero attached hydrogens (tertiary/aromatic N) is 2. The lowest BCUT2D eigenvalue weighted by atomic mass is 9.91. The Morgan fingerprint density at radius 2 is 1.69 bits per heavy atom. The first kappa shape index (κ1) is 30.7. The number of carbonyl (C=O) groups excluding carboxylic acids is 1. The Hall–Kier alpha value is -2.77. The van der Waals surface area contributed by atoms with Crippen LogP contribution in [0, 0.1) is 7.14 Å². The summed E-state index contributed by atoms with van der Waals surface area (Å²) >= 11 is 5.84. The molecule has 6 nitrogen and oxygen atoms in total. The maximum absolute atomic E-state index is 14.2. The van der Waals surface area contributed by atoms with Crippen molar-refractivity contribution in [3.05, 3.63) is 121 Å². The van der Waals surface area contributed by atoms with Crippen LogP contribution < -0.4 is 19.6 Å². The summed E-state index contributed by atoms with van der Waals surface area (Å²) in [6.45, 7) is 8.80. The van der Waals surface area contributed by atoms with Gasteiger partial charge in [0.25, 0.3) is 5.56 Å². The van der Waals surface area contributed by atoms with E-state index >= 15 is 0 Å². The van der Waals surface area contributed by atoms with Crippen LogP contribution in [0.4, 0.5) is 0 Å². The second kappa shape index (κ2) is 13.3. The van der Waals surface area contributed by atoms with E-state index in [0.717, 1.165) is 29.6 Å². The number of benzene rings is 3. The molecule has 1 aliphatic rings. The average molecular weight is 804 g/mol. The van der Waals surface area contributed by atoms with Gasteiger partial charge in [0.2, 0.25) is 0 Å². The standard InChI is InChI=1S/C33H30I2N2O4S/c1-5-40-30-24(34)16-20(17-25(30)35)18-26-31(38)37-29(23-14-12-21(13-15-23)19(3)4)27(32(39)41-6-2)28(36-33(37)42-26)22-10-8-7-9-11-22/h7-19,29H,5-6H2,1-4H3/b26-18-/t29-/m1/s1. The van der Waals surface area contributed by atoms with Crippen molar-refractivity contribution in [3.63, 3.8) is 0 Å². The highest BCUT2D eigenvalue weighted by molar-refractivity contribution is 14.1. The van der Waals surface area contributed by atoms with E-state index in [4.69, 9.17) is 14.5 Å². The van der Waals surface area contributed by atoms with Gasteiger partial charge in [-0.25, -0.2) is 9.79 Å². The molecular formula is C33H30I2N2O4S. The molecule has 0 unspecified atom stereocenters. The third-order valence-electron chi connectivity index (χ3n) is 6.90. The number of hydrogen-bond acceptors (Lipinski definition) is 6. The molecule has 216 valence electrons. The molecule has 9 heteroatoms. The Morgan fingerprint density at radius 3 is 2.29 bits per heavy atom. The minimum atomic E-state index is -0.695. The summed E-state index contributed by atoms with van der Waals surface area (Å²) in [7, 11) is 0. The van der Waals surface area contributed by atoms with Crippen LogP contribution in [0.15, 0.2) is 82.1 Å². The summed E-state index contributed by atoms with van der Waals surface area (Å²) in [6.07, 6.45) is 1.89. The van der Waals surface area contributed by atoms with Crippen LogP contribution in [0.5, 0.6) is 5.75 Å². The van der Waals surface area contributed by atoms with Crippen molar-refractivity contribution in [2.24, 2.45) is 4.99 Å². The van der Waals surface area contributed by atoms with Crippen LogP contribution >= 0.6 is 56.5 Å². The number of thiazole rings is 1. The van der Waals surface area contributed by atoms with Crippen molar-refractivity contribution < 1.29 is 14.3 Å². The van der Waals surface area contributed by atoms with Gasteiger partial charge < -0.3 is 9.47 Å². The predicted octanol–water partition coefficient (Wildman–Crippen LogP) is 6.67. The van der Waals surface area contributed by atoms with Gasteiger partial charge in [-0.05, 0) is 99.8 Å². The first-order valence-corrected chi connectivity index (χ1v) is 16.7. The lowest BCUT2D eigenvalue weighted by Crippen LogP contribution is -2.40. The van der Waals surface area contributed by atoms with Gasteiger partial charge in [0, 0.05) is 5.56 Å². The fourth-order valence-electron chi connectivity index (χ4n) is 4.92. The molecular weight excluding hydrogens is 774 g/mol. The van der Waals surface area contributed by atoms with E-state index in [1.807, 2.05) is 67.6 Å². The Morgan fingerprint density at radius 1 is 1.02 bits per heavy atom. The molecule has 4 aromatic rings. The SMILES string of the molecule is CCOC(=O)C1=C(c2ccccc2)N=c2s/c(=C\c3cc(I)c(OCC)c(I)c3)c(=O)n2[C@@H]1c1ccc(C(C)C)cc1. The maximum Gasteiger partial charge on any atom is 0.338 e. The molecule has 0 radical (unpaired) electrons. The monoisotopic (exact) mass is 804 g/mol. The maximum atomic E-state index is 14.2. The van der Waals surface area contributed by atoms with Gasteiger partial charge in [0.05, 0.1) is 42.2 Å². The molecule has 0 N–H and O–H groups in total. The van der Waals surface area contributed by atoms with Crippen LogP contribution in [-0.4, -0.2) is 23.8 Å². The molecule has 0 saturated carbocycles. The first-order valence-electron chi connectivity index (χ1n) is 13.7. The van der Waals surface area contributed by atoms with Crippen molar-refractivity contribution in [1.82, 2.24) is 4.57 Å². The number of halogens is 2. The Bertz CT molecular complexity index is 1820. The lowest BCUT2D eigenvalue weighted by Gasteiger charge is -2.26. The minimum Gasteiger partial charge on any atom is -0.492 e. The summed E-state index contributed by atoms with van der Waals surface area (Å²) in [5.74, 6) is 0.706. The van der Waals surface area contributed by atoms with E-state index in [2.05, 4.69) is 71.2 Å². The topological polar surface area (TPSA) is 69.9 Å². The second-order valence-corrected chi connectivity index (χ2v) is 13.3. The molecule has 1 atom stereocenters. The number of ether oxygens (including phenoxy) is 2. The van der Waals surface area contributed by atoms with Crippen molar-refractivity contribution in [3.8, 4) is 5.75 Å². The van der Waals surface area contributed by atoms with Crippen molar-refractivity contribution >= 4 is 74.3 Å². The Kier molecular flexibility index (Phi) is 9.68. The summed E-state index contributed by atoms with van der Waals surface area (Å²) in [5, 5.41) is 0. The van der Waals surface area contributed by atoms with Crippen molar-refractivity contribution in [2.45, 2.75) is 39.7 Å². The smallest absolute Gasteiger partial charge is 0.338 e. The molecule has 0 bridgehead atoms. The van der Waals surface area contributed by atoms with Gasteiger partial charge in [-0.1, -0.05) is 79.8 Å². The fraction of sp³-hybridized carbons (Fsp3) is 0.242. The van der Waals surface area contributed by atoms with E-state index in [9.17, 15) is 9.59 Å². The first-order chi connectivity index (χ1) is 20.2. The number of carbonyl (C=O) groups is 1. The molecule has 0 saturated heterocycles. The number of hydrogen-bond donors (Lipinski definition) is 0. The number of rotatable bonds is 8. The highest BCUT2D eigenvalue weighted by Gasteiger charge is 2.35. The van der Waals surface area contributed by atoms with Crippen LogP contribution in [-0.2, 0) is 9.53 Å². The number of aromatic nitrogens is 1. The van der Waals surface area contributed by atoms with Gasteiger partial charge in [-0.3, -0.25) is 9.36 Å². The summed E-state index contributed by atoms with van der Waals surface area (Å²) in [4.78, 5) is 33.3. The molecule has 3 aromatic carbocycles. The molecule has 1 aromatic heterocycles. The molecule has 0 fully saturated rings. The predicted molar refractivity (Wildman–Crippen MR) is 185 cm³/mol. The van der Waals surface area contributed by atoms with Crippen LogP contribution in [0.25, 0.3) is 11.8 Å². The Labute approximate surface area is 276 Å². The summed E-state index contributed by atoms with van der Waals surface area (Å²) < 4.78 is 15.5. The molecule has 5 rings (SSSR count). The number of fused-ring (bicyclic) bond motifs is 1. The van der Waals surface area contributed by atoms with Crippen LogP contribution in [0.2, 0.25) is 0 Å². The zero-order valence-corrected chi connectivity index (χ0v) is 28.8. The van der Waals surface area contributed by atoms with Gasteiger partial charge >= 0.3 is 5.97 Å². The normalized spacial score (nSPS) is 15.0. The van der Waals surface area contributed by atoms with Crippen LogP contribution in [0.3, 0.4) is 0 Å². The molecule has 42 heavy (non-hydrogen) atoms. The highest BCUT2D eigenvalue weighted by Crippen LogP contribution is 2.36.